The summed E-state index contributed by atoms with van der Waals surface area (Å²) >= 11 is 0. The third-order valence-electron chi connectivity index (χ3n) is 4.87. The van der Waals surface area contributed by atoms with Gasteiger partial charge in [0, 0.05) is 6.54 Å². The normalized spacial score (nSPS) is 19.4. The van der Waals surface area contributed by atoms with Crippen LogP contribution in [0.15, 0.2) is 53.4 Å². The zero-order valence-corrected chi connectivity index (χ0v) is 14.7. The van der Waals surface area contributed by atoms with E-state index in [2.05, 4.69) is 4.90 Å². The number of hydrogen-bond donors (Lipinski definition) is 0. The molecule has 5 nitrogen and oxygen atoms in total. The molecule has 130 valence electrons. The minimum atomic E-state index is -3.75. The van der Waals surface area contributed by atoms with Crippen molar-refractivity contribution in [3.8, 4) is 0 Å². The number of fused-ring (bicyclic) bond motifs is 1. The average molecular weight is 356 g/mol. The molecule has 0 atom stereocenters. The molecule has 0 spiro atoms. The van der Waals surface area contributed by atoms with E-state index in [1.807, 2.05) is 24.3 Å². The number of rotatable bonds is 4. The fourth-order valence-electron chi connectivity index (χ4n) is 3.50. The molecule has 4 rings (SSSR count). The second-order valence-electron chi connectivity index (χ2n) is 6.61. The van der Waals surface area contributed by atoms with Crippen molar-refractivity contribution < 1.29 is 13.2 Å². The summed E-state index contributed by atoms with van der Waals surface area (Å²) in [6, 6.07) is 14.2. The number of nitrogens with zero attached hydrogens (tertiary/aromatic N) is 2. The highest BCUT2D eigenvalue weighted by Gasteiger charge is 2.40. The summed E-state index contributed by atoms with van der Waals surface area (Å²) < 4.78 is 26.2. The number of benzene rings is 2. The van der Waals surface area contributed by atoms with E-state index >= 15 is 0 Å². The number of hydrogen-bond acceptors (Lipinski definition) is 4. The molecular weight excluding hydrogens is 336 g/mol. The second-order valence-corrected chi connectivity index (χ2v) is 8.44. The van der Waals surface area contributed by atoms with Gasteiger partial charge in [0.15, 0.2) is 0 Å². The van der Waals surface area contributed by atoms with Gasteiger partial charge in [0.25, 0.3) is 15.9 Å². The van der Waals surface area contributed by atoms with E-state index in [0.29, 0.717) is 0 Å². The highest BCUT2D eigenvalue weighted by Crippen LogP contribution is 2.31. The van der Waals surface area contributed by atoms with Gasteiger partial charge in [-0.3, -0.25) is 9.69 Å². The molecule has 6 heteroatoms. The summed E-state index contributed by atoms with van der Waals surface area (Å²) in [6.45, 7) is 3.27. The number of sulfonamides is 1. The molecule has 1 amide bonds. The number of likely N-dealkylation sites (tertiary alicyclic amines) is 1. The van der Waals surface area contributed by atoms with Crippen molar-refractivity contribution in [1.29, 1.82) is 0 Å². The van der Waals surface area contributed by atoms with Gasteiger partial charge in [0.05, 0.1) is 12.1 Å². The minimum absolute atomic E-state index is 0.0693. The summed E-state index contributed by atoms with van der Waals surface area (Å²) in [7, 11) is -3.75. The van der Waals surface area contributed by atoms with Crippen LogP contribution in [0.3, 0.4) is 0 Å². The standard InChI is InChI=1S/C19H20N2O3S/c22-19-17-5-1-2-6-18(17)25(23,24)21(19)14-16-9-7-15(8-10-16)13-20-11-3-4-12-20/h1-2,5-10H,3-4,11-14H2. The van der Waals surface area contributed by atoms with Crippen LogP contribution in [-0.2, 0) is 23.1 Å². The van der Waals surface area contributed by atoms with Gasteiger partial charge in [-0.1, -0.05) is 36.4 Å². The van der Waals surface area contributed by atoms with Crippen molar-refractivity contribution >= 4 is 15.9 Å². The van der Waals surface area contributed by atoms with Crippen molar-refractivity contribution in [2.45, 2.75) is 30.8 Å². The Labute approximate surface area is 147 Å². The summed E-state index contributed by atoms with van der Waals surface area (Å²) in [5, 5.41) is 0. The molecule has 2 aliphatic heterocycles. The van der Waals surface area contributed by atoms with Crippen molar-refractivity contribution in [2.24, 2.45) is 0 Å². The van der Waals surface area contributed by atoms with Gasteiger partial charge in [-0.05, 0) is 49.2 Å². The third kappa shape index (κ3) is 2.96. The summed E-state index contributed by atoms with van der Waals surface area (Å²) in [5.74, 6) is -0.447. The quantitative estimate of drug-likeness (QED) is 0.845. The van der Waals surface area contributed by atoms with Crippen molar-refractivity contribution in [3.63, 3.8) is 0 Å². The van der Waals surface area contributed by atoms with Crippen LogP contribution in [0.5, 0.6) is 0 Å². The lowest BCUT2D eigenvalue weighted by molar-refractivity contribution is 0.0865. The lowest BCUT2D eigenvalue weighted by Crippen LogP contribution is -2.29. The molecule has 2 aromatic carbocycles. The van der Waals surface area contributed by atoms with Crippen LogP contribution >= 0.6 is 0 Å². The molecule has 2 heterocycles. The largest absolute Gasteiger partial charge is 0.299 e. The van der Waals surface area contributed by atoms with Crippen molar-refractivity contribution in [1.82, 2.24) is 9.21 Å². The van der Waals surface area contributed by atoms with Gasteiger partial charge >= 0.3 is 0 Å². The van der Waals surface area contributed by atoms with Gasteiger partial charge in [-0.15, -0.1) is 0 Å². The number of carbonyl (C=O) groups excluding carboxylic acids is 1. The molecule has 0 radical (unpaired) electrons. The maximum Gasteiger partial charge on any atom is 0.269 e. The minimum Gasteiger partial charge on any atom is -0.299 e. The summed E-state index contributed by atoms with van der Waals surface area (Å²) in [6.07, 6.45) is 2.52. The average Bonchev–Trinajstić information content (AvgIpc) is 3.19. The van der Waals surface area contributed by atoms with E-state index in [9.17, 15) is 13.2 Å². The zero-order valence-electron chi connectivity index (χ0n) is 13.9. The van der Waals surface area contributed by atoms with Gasteiger partial charge in [-0.2, -0.15) is 0 Å². The maximum atomic E-state index is 12.6. The predicted molar refractivity (Wildman–Crippen MR) is 94.5 cm³/mol. The molecular formula is C19H20N2O3S. The Balaban J connectivity index is 1.52. The van der Waals surface area contributed by atoms with Crippen molar-refractivity contribution in [3.05, 3.63) is 65.2 Å². The molecule has 0 saturated carbocycles. The van der Waals surface area contributed by atoms with E-state index < -0.39 is 15.9 Å². The highest BCUT2D eigenvalue weighted by molar-refractivity contribution is 7.90. The first-order chi connectivity index (χ1) is 12.1. The fourth-order valence-corrected chi connectivity index (χ4v) is 5.06. The first kappa shape index (κ1) is 16.3. The second kappa shape index (κ2) is 6.28. The molecule has 0 aliphatic carbocycles. The third-order valence-corrected chi connectivity index (χ3v) is 6.65. The van der Waals surface area contributed by atoms with E-state index in [4.69, 9.17) is 0 Å². The van der Waals surface area contributed by atoms with Crippen molar-refractivity contribution in [2.75, 3.05) is 13.1 Å². The lowest BCUT2D eigenvalue weighted by atomic mass is 10.1. The molecule has 2 aromatic rings. The molecule has 0 bridgehead atoms. The van der Waals surface area contributed by atoms with Crippen LogP contribution in [0.25, 0.3) is 0 Å². The Bertz CT molecular complexity index is 901. The van der Waals surface area contributed by atoms with Gasteiger partial charge in [-0.25, -0.2) is 12.7 Å². The maximum absolute atomic E-state index is 12.6. The Morgan fingerprint density at radius 2 is 1.44 bits per heavy atom. The Morgan fingerprint density at radius 3 is 2.08 bits per heavy atom. The van der Waals surface area contributed by atoms with Crippen LogP contribution in [0.1, 0.15) is 34.3 Å². The molecule has 25 heavy (non-hydrogen) atoms. The van der Waals surface area contributed by atoms with Crippen LogP contribution in [0.4, 0.5) is 0 Å². The van der Waals surface area contributed by atoms with Crippen LogP contribution in [-0.4, -0.2) is 36.6 Å². The van der Waals surface area contributed by atoms with Gasteiger partial charge in [0.2, 0.25) is 0 Å². The zero-order chi connectivity index (χ0) is 17.4. The predicted octanol–water partition coefficient (Wildman–Crippen LogP) is 2.63. The van der Waals surface area contributed by atoms with E-state index in [0.717, 1.165) is 29.5 Å². The molecule has 2 aliphatic rings. The van der Waals surface area contributed by atoms with Crippen LogP contribution in [0, 0.1) is 0 Å². The molecule has 1 fully saturated rings. The SMILES string of the molecule is O=C1c2ccccc2S(=O)(=O)N1Cc1ccc(CN2CCCC2)cc1. The van der Waals surface area contributed by atoms with Gasteiger partial charge in [0.1, 0.15) is 4.90 Å². The van der Waals surface area contributed by atoms with Crippen LogP contribution in [0.2, 0.25) is 0 Å². The number of amides is 1. The molecule has 1 saturated heterocycles. The van der Waals surface area contributed by atoms with E-state index in [-0.39, 0.29) is 17.0 Å². The Morgan fingerprint density at radius 1 is 0.840 bits per heavy atom. The molecule has 0 aromatic heterocycles. The van der Waals surface area contributed by atoms with E-state index in [1.165, 1.54) is 24.5 Å². The van der Waals surface area contributed by atoms with Gasteiger partial charge < -0.3 is 0 Å². The number of carbonyl (C=O) groups is 1. The Kier molecular flexibility index (Phi) is 4.09. The van der Waals surface area contributed by atoms with E-state index in [1.54, 1.807) is 18.2 Å². The fraction of sp³-hybridized carbons (Fsp3) is 0.316. The lowest BCUT2D eigenvalue weighted by Gasteiger charge is -2.17. The smallest absolute Gasteiger partial charge is 0.269 e. The topological polar surface area (TPSA) is 57.7 Å². The summed E-state index contributed by atoms with van der Waals surface area (Å²) in [4.78, 5) is 15.0. The first-order valence-corrected chi connectivity index (χ1v) is 9.96. The molecule has 0 unspecified atom stereocenters. The van der Waals surface area contributed by atoms with Crippen LogP contribution < -0.4 is 0 Å². The molecule has 0 N–H and O–H groups in total. The summed E-state index contributed by atoms with van der Waals surface area (Å²) in [5.41, 5.74) is 2.28. The highest BCUT2D eigenvalue weighted by atomic mass is 32.2. The first-order valence-electron chi connectivity index (χ1n) is 8.52. The Hall–Kier alpha value is -2.18. The monoisotopic (exact) mass is 356 g/mol.